The second kappa shape index (κ2) is 3.72. The van der Waals surface area contributed by atoms with Crippen LogP contribution in [0, 0.1) is 0 Å². The summed E-state index contributed by atoms with van der Waals surface area (Å²) < 4.78 is 6.24. The molecule has 0 spiro atoms. The van der Waals surface area contributed by atoms with Gasteiger partial charge >= 0.3 is 0 Å². The molecule has 0 atom stereocenters. The van der Waals surface area contributed by atoms with Gasteiger partial charge in [0.1, 0.15) is 5.69 Å². The molecule has 16 heavy (non-hydrogen) atoms. The average Bonchev–Trinajstić information content (AvgIpc) is 2.75. The first-order chi connectivity index (χ1) is 7.84. The van der Waals surface area contributed by atoms with Gasteiger partial charge in [-0.3, -0.25) is 4.98 Å². The van der Waals surface area contributed by atoms with Crippen LogP contribution in [0.5, 0.6) is 0 Å². The Morgan fingerprint density at radius 3 is 2.62 bits per heavy atom. The summed E-state index contributed by atoms with van der Waals surface area (Å²) in [4.78, 5) is 8.83. The Labute approximate surface area is 100 Å². The zero-order valence-corrected chi connectivity index (χ0v) is 9.81. The molecule has 0 aliphatic heterocycles. The summed E-state index contributed by atoms with van der Waals surface area (Å²) in [5.41, 5.74) is 2.48. The smallest absolute Gasteiger partial charge is 0.167 e. The molecule has 0 bridgehead atoms. The SMILES string of the molecule is Brc1ccoc1-c1cnc2ccccc2n1. The predicted molar refractivity (Wildman–Crippen MR) is 64.9 cm³/mol. The zero-order valence-electron chi connectivity index (χ0n) is 8.22. The zero-order chi connectivity index (χ0) is 11.0. The second-order valence-electron chi connectivity index (χ2n) is 3.34. The maximum absolute atomic E-state index is 5.35. The van der Waals surface area contributed by atoms with Gasteiger partial charge in [-0.05, 0) is 34.1 Å². The molecule has 0 radical (unpaired) electrons. The molecule has 0 aliphatic carbocycles. The largest absolute Gasteiger partial charge is 0.461 e. The molecule has 0 amide bonds. The first kappa shape index (κ1) is 9.54. The molecule has 0 unspecified atom stereocenters. The lowest BCUT2D eigenvalue weighted by molar-refractivity contribution is 0.579. The van der Waals surface area contributed by atoms with Crippen molar-refractivity contribution in [3.05, 3.63) is 47.3 Å². The van der Waals surface area contributed by atoms with Gasteiger partial charge in [-0.15, -0.1) is 0 Å². The molecular formula is C12H7BrN2O. The highest BCUT2D eigenvalue weighted by Gasteiger charge is 2.09. The fraction of sp³-hybridized carbons (Fsp3) is 0. The van der Waals surface area contributed by atoms with E-state index in [1.807, 2.05) is 30.3 Å². The van der Waals surface area contributed by atoms with Crippen molar-refractivity contribution in [2.24, 2.45) is 0 Å². The standard InChI is InChI=1S/C12H7BrN2O/c13-8-5-6-16-12(8)11-7-14-9-3-1-2-4-10(9)15-11/h1-7H. The van der Waals surface area contributed by atoms with Crippen molar-refractivity contribution in [1.82, 2.24) is 9.97 Å². The van der Waals surface area contributed by atoms with Crippen LogP contribution in [0.4, 0.5) is 0 Å². The highest BCUT2D eigenvalue weighted by atomic mass is 79.9. The lowest BCUT2D eigenvalue weighted by Crippen LogP contribution is -1.87. The van der Waals surface area contributed by atoms with Crippen LogP contribution in [-0.2, 0) is 0 Å². The van der Waals surface area contributed by atoms with Gasteiger partial charge in [-0.1, -0.05) is 12.1 Å². The minimum atomic E-state index is 0.707. The quantitative estimate of drug-likeness (QED) is 0.680. The number of hydrogen-bond donors (Lipinski definition) is 0. The number of hydrogen-bond acceptors (Lipinski definition) is 3. The lowest BCUT2D eigenvalue weighted by Gasteiger charge is -1.99. The minimum absolute atomic E-state index is 0.707. The van der Waals surface area contributed by atoms with Crippen molar-refractivity contribution >= 4 is 27.0 Å². The number of furan rings is 1. The van der Waals surface area contributed by atoms with E-state index in [0.29, 0.717) is 5.76 Å². The van der Waals surface area contributed by atoms with Crippen molar-refractivity contribution in [3.63, 3.8) is 0 Å². The van der Waals surface area contributed by atoms with Crippen LogP contribution in [0.3, 0.4) is 0 Å². The summed E-state index contributed by atoms with van der Waals surface area (Å²) in [6, 6.07) is 9.59. The first-order valence-corrected chi connectivity index (χ1v) is 5.59. The van der Waals surface area contributed by atoms with Crippen LogP contribution in [0.15, 0.2) is 51.7 Å². The summed E-state index contributed by atoms with van der Waals surface area (Å²) in [7, 11) is 0. The molecule has 3 rings (SSSR count). The van der Waals surface area contributed by atoms with E-state index in [-0.39, 0.29) is 0 Å². The third-order valence-electron chi connectivity index (χ3n) is 2.30. The van der Waals surface area contributed by atoms with Crippen LogP contribution >= 0.6 is 15.9 Å². The Morgan fingerprint density at radius 2 is 1.88 bits per heavy atom. The van der Waals surface area contributed by atoms with Gasteiger partial charge in [-0.2, -0.15) is 0 Å². The molecule has 0 fully saturated rings. The highest BCUT2D eigenvalue weighted by molar-refractivity contribution is 9.10. The minimum Gasteiger partial charge on any atom is -0.461 e. The van der Waals surface area contributed by atoms with Crippen molar-refractivity contribution in [1.29, 1.82) is 0 Å². The first-order valence-electron chi connectivity index (χ1n) is 4.80. The number of fused-ring (bicyclic) bond motifs is 1. The van der Waals surface area contributed by atoms with Gasteiger partial charge in [0.15, 0.2) is 5.76 Å². The molecule has 4 heteroatoms. The molecule has 2 heterocycles. The maximum atomic E-state index is 5.35. The summed E-state index contributed by atoms with van der Waals surface area (Å²) in [6.45, 7) is 0. The molecule has 78 valence electrons. The van der Waals surface area contributed by atoms with E-state index in [0.717, 1.165) is 21.2 Å². The van der Waals surface area contributed by atoms with Crippen LogP contribution in [-0.4, -0.2) is 9.97 Å². The van der Waals surface area contributed by atoms with Crippen molar-refractivity contribution < 1.29 is 4.42 Å². The van der Waals surface area contributed by atoms with E-state index in [1.54, 1.807) is 12.5 Å². The predicted octanol–water partition coefficient (Wildman–Crippen LogP) is 3.65. The molecule has 2 aromatic heterocycles. The number of para-hydroxylation sites is 2. The summed E-state index contributed by atoms with van der Waals surface area (Å²) in [5, 5.41) is 0. The molecule has 0 aliphatic rings. The molecule has 0 saturated heterocycles. The van der Waals surface area contributed by atoms with Crippen molar-refractivity contribution in [2.45, 2.75) is 0 Å². The lowest BCUT2D eigenvalue weighted by atomic mass is 10.3. The van der Waals surface area contributed by atoms with E-state index in [9.17, 15) is 0 Å². The molecule has 1 aromatic carbocycles. The molecular weight excluding hydrogens is 268 g/mol. The van der Waals surface area contributed by atoms with Gasteiger partial charge in [0.2, 0.25) is 0 Å². The Hall–Kier alpha value is -1.68. The van der Waals surface area contributed by atoms with Gasteiger partial charge in [0.25, 0.3) is 0 Å². The normalized spacial score (nSPS) is 10.8. The molecule has 3 aromatic rings. The maximum Gasteiger partial charge on any atom is 0.167 e. The Balaban J connectivity index is 2.23. The van der Waals surface area contributed by atoms with Gasteiger partial charge in [-0.25, -0.2) is 4.98 Å². The van der Waals surface area contributed by atoms with E-state index in [2.05, 4.69) is 25.9 Å². The Bertz CT molecular complexity index is 648. The van der Waals surface area contributed by atoms with Gasteiger partial charge < -0.3 is 4.42 Å². The Kier molecular flexibility index (Phi) is 2.22. The summed E-state index contributed by atoms with van der Waals surface area (Å²) in [5.74, 6) is 0.707. The van der Waals surface area contributed by atoms with E-state index < -0.39 is 0 Å². The number of benzene rings is 1. The van der Waals surface area contributed by atoms with Crippen LogP contribution in [0.2, 0.25) is 0 Å². The fourth-order valence-corrected chi connectivity index (χ4v) is 1.95. The average molecular weight is 275 g/mol. The van der Waals surface area contributed by atoms with Crippen LogP contribution in [0.25, 0.3) is 22.5 Å². The van der Waals surface area contributed by atoms with E-state index in [1.165, 1.54) is 0 Å². The third kappa shape index (κ3) is 1.51. The van der Waals surface area contributed by atoms with Gasteiger partial charge in [0, 0.05) is 0 Å². The molecule has 0 saturated carbocycles. The fourth-order valence-electron chi connectivity index (χ4n) is 1.54. The number of nitrogens with zero attached hydrogens (tertiary/aromatic N) is 2. The van der Waals surface area contributed by atoms with Gasteiger partial charge in [0.05, 0.1) is 28.0 Å². The highest BCUT2D eigenvalue weighted by Crippen LogP contribution is 2.28. The monoisotopic (exact) mass is 274 g/mol. The Morgan fingerprint density at radius 1 is 1.06 bits per heavy atom. The molecule has 0 N–H and O–H groups in total. The number of aromatic nitrogens is 2. The van der Waals surface area contributed by atoms with Crippen LogP contribution in [0.1, 0.15) is 0 Å². The van der Waals surface area contributed by atoms with Crippen LogP contribution < -0.4 is 0 Å². The third-order valence-corrected chi connectivity index (χ3v) is 2.92. The summed E-state index contributed by atoms with van der Waals surface area (Å²) >= 11 is 3.41. The topological polar surface area (TPSA) is 38.9 Å². The molecule has 3 nitrogen and oxygen atoms in total. The number of halogens is 1. The number of rotatable bonds is 1. The van der Waals surface area contributed by atoms with Crippen molar-refractivity contribution in [2.75, 3.05) is 0 Å². The van der Waals surface area contributed by atoms with E-state index in [4.69, 9.17) is 4.42 Å². The van der Waals surface area contributed by atoms with Crippen molar-refractivity contribution in [3.8, 4) is 11.5 Å². The van der Waals surface area contributed by atoms with E-state index >= 15 is 0 Å². The second-order valence-corrected chi connectivity index (χ2v) is 4.20. The summed E-state index contributed by atoms with van der Waals surface area (Å²) in [6.07, 6.45) is 3.34.